The number of nitrogens with one attached hydrogen (secondary N) is 1. The summed E-state index contributed by atoms with van der Waals surface area (Å²) in [4.78, 5) is 17.9. The maximum Gasteiger partial charge on any atom is 0.317 e. The normalized spacial score (nSPS) is 15.1. The fourth-order valence-electron chi connectivity index (χ4n) is 2.51. The van der Waals surface area contributed by atoms with E-state index in [4.69, 9.17) is 4.42 Å². The molecule has 6 heteroatoms. The van der Waals surface area contributed by atoms with Crippen molar-refractivity contribution in [3.8, 4) is 11.5 Å². The SMILES string of the molecule is Cc1ccc(-c2nc(CNC(=O)N(C)CC(O)C3CC3)co2)cc1. The summed E-state index contributed by atoms with van der Waals surface area (Å²) < 4.78 is 5.47. The van der Waals surface area contributed by atoms with E-state index in [-0.39, 0.29) is 12.6 Å². The van der Waals surface area contributed by atoms with Gasteiger partial charge in [0.1, 0.15) is 6.26 Å². The highest BCUT2D eigenvalue weighted by atomic mass is 16.3. The van der Waals surface area contributed by atoms with Crippen molar-refractivity contribution in [2.45, 2.75) is 32.4 Å². The van der Waals surface area contributed by atoms with E-state index < -0.39 is 6.10 Å². The molecule has 0 saturated heterocycles. The summed E-state index contributed by atoms with van der Waals surface area (Å²) in [5.41, 5.74) is 2.74. The molecule has 1 saturated carbocycles. The maximum absolute atomic E-state index is 12.1. The van der Waals surface area contributed by atoms with Crippen LogP contribution in [0.3, 0.4) is 0 Å². The molecule has 0 radical (unpaired) electrons. The molecule has 1 aliphatic carbocycles. The van der Waals surface area contributed by atoms with E-state index in [0.29, 0.717) is 24.0 Å². The van der Waals surface area contributed by atoms with E-state index in [2.05, 4.69) is 10.3 Å². The van der Waals surface area contributed by atoms with E-state index in [1.165, 1.54) is 10.5 Å². The van der Waals surface area contributed by atoms with Crippen molar-refractivity contribution < 1.29 is 14.3 Å². The number of hydrogen-bond donors (Lipinski definition) is 2. The van der Waals surface area contributed by atoms with Gasteiger partial charge in [-0.25, -0.2) is 9.78 Å². The molecule has 1 unspecified atom stereocenters. The van der Waals surface area contributed by atoms with Gasteiger partial charge in [-0.2, -0.15) is 0 Å². The molecular weight excluding hydrogens is 306 g/mol. The number of aliphatic hydroxyl groups is 1. The van der Waals surface area contributed by atoms with Crippen LogP contribution in [0.25, 0.3) is 11.5 Å². The number of carbonyl (C=O) groups is 1. The van der Waals surface area contributed by atoms with Crippen LogP contribution in [-0.2, 0) is 6.54 Å². The second kappa shape index (κ2) is 7.05. The van der Waals surface area contributed by atoms with Crippen molar-refractivity contribution >= 4 is 6.03 Å². The lowest BCUT2D eigenvalue weighted by atomic mass is 10.1. The van der Waals surface area contributed by atoms with E-state index in [1.807, 2.05) is 31.2 Å². The van der Waals surface area contributed by atoms with Crippen LogP contribution in [0.2, 0.25) is 0 Å². The lowest BCUT2D eigenvalue weighted by Crippen LogP contribution is -2.41. The van der Waals surface area contributed by atoms with Gasteiger partial charge in [-0.1, -0.05) is 17.7 Å². The van der Waals surface area contributed by atoms with Crippen molar-refractivity contribution in [2.24, 2.45) is 5.92 Å². The number of likely N-dealkylation sites (N-methyl/N-ethyl adjacent to an activating group) is 1. The molecular formula is C18H23N3O3. The lowest BCUT2D eigenvalue weighted by molar-refractivity contribution is 0.113. The molecule has 24 heavy (non-hydrogen) atoms. The standard InChI is InChI=1S/C18H23N3O3/c1-12-3-5-14(6-4-12)17-20-15(11-24-17)9-19-18(23)21(2)10-16(22)13-7-8-13/h3-6,11,13,16,22H,7-10H2,1-2H3,(H,19,23). The zero-order valence-electron chi connectivity index (χ0n) is 14.0. The zero-order valence-corrected chi connectivity index (χ0v) is 14.0. The van der Waals surface area contributed by atoms with E-state index in [0.717, 1.165) is 18.4 Å². The average molecular weight is 329 g/mol. The Kier molecular flexibility index (Phi) is 4.85. The van der Waals surface area contributed by atoms with Crippen LogP contribution in [0.15, 0.2) is 34.9 Å². The van der Waals surface area contributed by atoms with Gasteiger partial charge in [-0.15, -0.1) is 0 Å². The first-order chi connectivity index (χ1) is 11.5. The average Bonchev–Trinajstić information content (AvgIpc) is 3.32. The summed E-state index contributed by atoms with van der Waals surface area (Å²) in [5, 5.41) is 12.7. The predicted octanol–water partition coefficient (Wildman–Crippen LogP) is 2.56. The molecule has 1 fully saturated rings. The number of nitrogens with zero attached hydrogens (tertiary/aromatic N) is 2. The van der Waals surface area contributed by atoms with Crippen LogP contribution < -0.4 is 5.32 Å². The highest BCUT2D eigenvalue weighted by molar-refractivity contribution is 5.73. The van der Waals surface area contributed by atoms with Crippen LogP contribution in [-0.4, -0.2) is 40.7 Å². The van der Waals surface area contributed by atoms with Gasteiger partial charge < -0.3 is 19.7 Å². The molecule has 6 nitrogen and oxygen atoms in total. The second-order valence-electron chi connectivity index (χ2n) is 6.45. The Balaban J connectivity index is 1.51. The third-order valence-electron chi connectivity index (χ3n) is 4.24. The van der Waals surface area contributed by atoms with Gasteiger partial charge in [0, 0.05) is 19.2 Å². The van der Waals surface area contributed by atoms with Gasteiger partial charge >= 0.3 is 6.03 Å². The van der Waals surface area contributed by atoms with E-state index >= 15 is 0 Å². The van der Waals surface area contributed by atoms with E-state index in [1.54, 1.807) is 13.3 Å². The number of aryl methyl sites for hydroxylation is 1. The molecule has 1 heterocycles. The minimum Gasteiger partial charge on any atom is -0.444 e. The molecule has 0 bridgehead atoms. The van der Waals surface area contributed by atoms with Crippen LogP contribution in [0.1, 0.15) is 24.1 Å². The smallest absolute Gasteiger partial charge is 0.317 e. The van der Waals surface area contributed by atoms with Gasteiger partial charge in [-0.05, 0) is 37.8 Å². The predicted molar refractivity (Wildman–Crippen MR) is 90.3 cm³/mol. The summed E-state index contributed by atoms with van der Waals surface area (Å²) in [7, 11) is 1.68. The molecule has 2 aromatic rings. The van der Waals surface area contributed by atoms with Gasteiger partial charge in [-0.3, -0.25) is 0 Å². The number of benzene rings is 1. The first-order valence-electron chi connectivity index (χ1n) is 8.21. The first kappa shape index (κ1) is 16.5. The molecule has 1 aromatic carbocycles. The topological polar surface area (TPSA) is 78.6 Å². The summed E-state index contributed by atoms with van der Waals surface area (Å²) >= 11 is 0. The van der Waals surface area contributed by atoms with Gasteiger partial charge in [0.15, 0.2) is 0 Å². The Hall–Kier alpha value is -2.34. The maximum atomic E-state index is 12.1. The minimum atomic E-state index is -0.430. The van der Waals surface area contributed by atoms with Crippen molar-refractivity contribution in [1.29, 1.82) is 0 Å². The lowest BCUT2D eigenvalue weighted by Gasteiger charge is -2.20. The van der Waals surface area contributed by atoms with Crippen molar-refractivity contribution in [3.63, 3.8) is 0 Å². The molecule has 2 amide bonds. The molecule has 3 rings (SSSR count). The molecule has 1 atom stereocenters. The van der Waals surface area contributed by atoms with Crippen molar-refractivity contribution in [3.05, 3.63) is 41.8 Å². The summed E-state index contributed by atoms with van der Waals surface area (Å²) in [6.07, 6.45) is 3.23. The van der Waals surface area contributed by atoms with Crippen LogP contribution in [0.4, 0.5) is 4.79 Å². The van der Waals surface area contributed by atoms with Crippen LogP contribution in [0.5, 0.6) is 0 Å². The fraction of sp³-hybridized carbons (Fsp3) is 0.444. The molecule has 1 aromatic heterocycles. The summed E-state index contributed by atoms with van der Waals surface area (Å²) in [6, 6.07) is 7.68. The Morgan fingerprint density at radius 1 is 1.42 bits per heavy atom. The number of urea groups is 1. The van der Waals surface area contributed by atoms with Gasteiger partial charge in [0.25, 0.3) is 0 Å². The molecule has 2 N–H and O–H groups in total. The number of oxazole rings is 1. The Morgan fingerprint density at radius 3 is 2.79 bits per heavy atom. The minimum absolute atomic E-state index is 0.227. The second-order valence-corrected chi connectivity index (χ2v) is 6.45. The fourth-order valence-corrected chi connectivity index (χ4v) is 2.51. The first-order valence-corrected chi connectivity index (χ1v) is 8.21. The van der Waals surface area contributed by atoms with Crippen molar-refractivity contribution in [1.82, 2.24) is 15.2 Å². The molecule has 0 spiro atoms. The Labute approximate surface area is 141 Å². The quantitative estimate of drug-likeness (QED) is 0.854. The van der Waals surface area contributed by atoms with Gasteiger partial charge in [0.05, 0.1) is 18.3 Å². The van der Waals surface area contributed by atoms with E-state index in [9.17, 15) is 9.90 Å². The van der Waals surface area contributed by atoms with Crippen LogP contribution >= 0.6 is 0 Å². The Morgan fingerprint density at radius 2 is 2.12 bits per heavy atom. The number of aliphatic hydroxyl groups excluding tert-OH is 1. The van der Waals surface area contributed by atoms with Gasteiger partial charge in [0.2, 0.25) is 5.89 Å². The van der Waals surface area contributed by atoms with Crippen molar-refractivity contribution in [2.75, 3.05) is 13.6 Å². The third kappa shape index (κ3) is 4.14. The monoisotopic (exact) mass is 329 g/mol. The zero-order chi connectivity index (χ0) is 17.1. The summed E-state index contributed by atoms with van der Waals surface area (Å²) in [5.74, 6) is 0.893. The molecule has 128 valence electrons. The largest absolute Gasteiger partial charge is 0.444 e. The molecule has 0 aliphatic heterocycles. The number of hydrogen-bond acceptors (Lipinski definition) is 4. The number of rotatable bonds is 6. The number of carbonyl (C=O) groups excluding carboxylic acids is 1. The number of aromatic nitrogens is 1. The number of amides is 2. The summed E-state index contributed by atoms with van der Waals surface area (Å²) in [6.45, 7) is 2.67. The molecule has 1 aliphatic rings. The highest BCUT2D eigenvalue weighted by Gasteiger charge is 2.31. The third-order valence-corrected chi connectivity index (χ3v) is 4.24. The highest BCUT2D eigenvalue weighted by Crippen LogP contribution is 2.32. The Bertz CT molecular complexity index is 692. The van der Waals surface area contributed by atoms with Crippen LogP contribution in [0, 0.1) is 12.8 Å².